The van der Waals surface area contributed by atoms with E-state index in [1.54, 1.807) is 6.20 Å². The van der Waals surface area contributed by atoms with E-state index in [9.17, 15) is 9.90 Å². The molecule has 2 N–H and O–H groups in total. The SMILES string of the molecule is CC(C)(C)C1=C/C(=C/N[C@H](CO)C(C)(C)C)C(=O)C(C(C)(C)C)=C1.Cl.[O]=[V]. The molecule has 0 unspecified atom stereocenters. The van der Waals surface area contributed by atoms with Gasteiger partial charge in [-0.25, -0.2) is 0 Å². The van der Waals surface area contributed by atoms with Crippen molar-refractivity contribution in [3.8, 4) is 0 Å². The second-order valence-corrected chi connectivity index (χ2v) is 9.85. The standard InChI is InChI=1S/C21H35NO2.ClH.O.V/c1-19(2,3)15-10-14(12-22-17(13-23)21(7,8)9)18(24)16(11-15)20(4,5)6;;;/h10-12,17,22-23H,13H2,1-9H3;1H;;/b14-12-;;;/t17-;;;/m1.../s1. The third-order valence-corrected chi connectivity index (χ3v) is 4.46. The average Bonchev–Trinajstić information content (AvgIpc) is 2.47. The summed E-state index contributed by atoms with van der Waals surface area (Å²) >= 11 is 1.06. The Balaban J connectivity index is 0. The monoisotopic (exact) mass is 436 g/mol. The molecule has 0 aliphatic heterocycles. The van der Waals surface area contributed by atoms with Gasteiger partial charge in [0.25, 0.3) is 0 Å². The molecule has 0 bridgehead atoms. The molecular weight excluding hydrogens is 401 g/mol. The summed E-state index contributed by atoms with van der Waals surface area (Å²) in [5.41, 5.74) is 2.31. The number of hydrogen-bond acceptors (Lipinski definition) is 4. The molecule has 6 heteroatoms. The van der Waals surface area contributed by atoms with Crippen molar-refractivity contribution in [2.24, 2.45) is 16.2 Å². The normalized spacial score (nSPS) is 17.8. The van der Waals surface area contributed by atoms with Crippen LogP contribution in [0.3, 0.4) is 0 Å². The van der Waals surface area contributed by atoms with Crippen molar-refractivity contribution in [2.45, 2.75) is 68.4 Å². The third kappa shape index (κ3) is 8.47. The summed E-state index contributed by atoms with van der Waals surface area (Å²) in [6, 6.07) is -0.103. The quantitative estimate of drug-likeness (QED) is 0.629. The molecule has 0 saturated carbocycles. The molecule has 0 amide bonds. The van der Waals surface area contributed by atoms with Crippen LogP contribution in [0.1, 0.15) is 62.3 Å². The van der Waals surface area contributed by atoms with E-state index in [0.29, 0.717) is 5.57 Å². The van der Waals surface area contributed by atoms with Crippen molar-refractivity contribution in [1.29, 1.82) is 0 Å². The van der Waals surface area contributed by atoms with Gasteiger partial charge in [0.15, 0.2) is 5.78 Å². The van der Waals surface area contributed by atoms with Gasteiger partial charge in [-0.15, -0.1) is 12.4 Å². The Labute approximate surface area is 180 Å². The van der Waals surface area contributed by atoms with Crippen LogP contribution in [0.5, 0.6) is 0 Å². The van der Waals surface area contributed by atoms with E-state index in [2.05, 4.69) is 67.6 Å². The van der Waals surface area contributed by atoms with E-state index < -0.39 is 0 Å². The van der Waals surface area contributed by atoms with Crippen LogP contribution >= 0.6 is 12.4 Å². The molecule has 0 fully saturated rings. The van der Waals surface area contributed by atoms with Crippen molar-refractivity contribution >= 4 is 18.2 Å². The van der Waals surface area contributed by atoms with Crippen LogP contribution in [-0.4, -0.2) is 23.5 Å². The van der Waals surface area contributed by atoms with Crippen molar-refractivity contribution in [3.63, 3.8) is 0 Å². The number of Topliss-reactive ketones (excluding diaryl/α,β-unsaturated/α-hetero) is 1. The first-order valence-corrected chi connectivity index (χ1v) is 9.49. The first-order valence-electron chi connectivity index (χ1n) is 8.92. The third-order valence-electron chi connectivity index (χ3n) is 4.46. The Morgan fingerprint density at radius 2 is 1.48 bits per heavy atom. The summed E-state index contributed by atoms with van der Waals surface area (Å²) in [6.45, 7) is 18.9. The first-order chi connectivity index (χ1) is 11.7. The van der Waals surface area contributed by atoms with Gasteiger partial charge in [0.1, 0.15) is 0 Å². The van der Waals surface area contributed by atoms with E-state index >= 15 is 0 Å². The number of nitrogens with one attached hydrogen (secondary N) is 1. The van der Waals surface area contributed by atoms with Crippen LogP contribution in [0.2, 0.25) is 0 Å². The van der Waals surface area contributed by atoms with Crippen LogP contribution in [-0.2, 0) is 25.8 Å². The number of allylic oxidation sites excluding steroid dienone is 5. The number of carbonyl (C=O) groups is 1. The van der Waals surface area contributed by atoms with Crippen molar-refractivity contribution in [2.75, 3.05) is 6.61 Å². The zero-order valence-corrected chi connectivity index (χ0v) is 20.3. The number of rotatable bonds is 3. The number of carbonyl (C=O) groups excluding carboxylic acids is 1. The molecule has 1 rings (SSSR count). The molecule has 0 aromatic heterocycles. The minimum absolute atomic E-state index is 0. The van der Waals surface area contributed by atoms with E-state index in [1.165, 1.54) is 0 Å². The first kappa shape index (κ1) is 28.5. The van der Waals surface area contributed by atoms with Crippen LogP contribution < -0.4 is 5.32 Å². The summed E-state index contributed by atoms with van der Waals surface area (Å²) in [5.74, 6) is 0.0635. The zero-order valence-electron chi connectivity index (χ0n) is 18.1. The van der Waals surface area contributed by atoms with Gasteiger partial charge in [0, 0.05) is 17.3 Å². The van der Waals surface area contributed by atoms with Gasteiger partial charge in [-0.05, 0) is 27.9 Å². The fourth-order valence-corrected chi connectivity index (χ4v) is 2.52. The van der Waals surface area contributed by atoms with E-state index in [0.717, 1.165) is 28.5 Å². The molecule has 0 spiro atoms. The van der Waals surface area contributed by atoms with Crippen LogP contribution in [0.15, 0.2) is 35.1 Å². The van der Waals surface area contributed by atoms with Crippen LogP contribution in [0, 0.1) is 16.2 Å². The van der Waals surface area contributed by atoms with Gasteiger partial charge < -0.3 is 10.4 Å². The second kappa shape index (κ2) is 10.8. The fraction of sp³-hybridized carbons (Fsp3) is 0.667. The number of aliphatic hydroxyl groups excluding tert-OH is 1. The van der Waals surface area contributed by atoms with Gasteiger partial charge in [0.05, 0.1) is 12.6 Å². The number of aliphatic hydroxyl groups is 1. The maximum absolute atomic E-state index is 12.9. The molecule has 4 nitrogen and oxygen atoms in total. The van der Waals surface area contributed by atoms with Gasteiger partial charge in [0.2, 0.25) is 0 Å². The Morgan fingerprint density at radius 3 is 1.81 bits per heavy atom. The summed E-state index contributed by atoms with van der Waals surface area (Å²) in [6.07, 6.45) is 5.80. The molecule has 0 saturated heterocycles. The molecule has 0 radical (unpaired) electrons. The Kier molecular flexibility index (Phi) is 11.4. The molecule has 155 valence electrons. The number of hydrogen-bond donors (Lipinski definition) is 2. The average molecular weight is 437 g/mol. The van der Waals surface area contributed by atoms with Crippen molar-refractivity contribution in [1.82, 2.24) is 5.32 Å². The molecular formula is C21H36ClNO3V. The summed E-state index contributed by atoms with van der Waals surface area (Å²) in [5, 5.41) is 12.9. The minimum atomic E-state index is -0.207. The molecule has 27 heavy (non-hydrogen) atoms. The van der Waals surface area contributed by atoms with Gasteiger partial charge in [-0.1, -0.05) is 68.4 Å². The summed E-state index contributed by atoms with van der Waals surface area (Å²) in [7, 11) is 0. The molecule has 0 aromatic carbocycles. The van der Waals surface area contributed by atoms with E-state index in [4.69, 9.17) is 3.67 Å². The van der Waals surface area contributed by atoms with Gasteiger partial charge >= 0.3 is 21.0 Å². The molecule has 0 heterocycles. The molecule has 1 aliphatic rings. The Bertz CT molecular complexity index is 602. The summed E-state index contributed by atoms with van der Waals surface area (Å²) < 4.78 is 8.19. The van der Waals surface area contributed by atoms with Crippen LogP contribution in [0.4, 0.5) is 0 Å². The predicted octanol–water partition coefficient (Wildman–Crippen LogP) is 4.70. The molecule has 1 aliphatic carbocycles. The fourth-order valence-electron chi connectivity index (χ4n) is 2.52. The van der Waals surface area contributed by atoms with E-state index in [1.807, 2.05) is 12.2 Å². The predicted molar refractivity (Wildman–Crippen MR) is 110 cm³/mol. The van der Waals surface area contributed by atoms with Gasteiger partial charge in [-0.2, -0.15) is 0 Å². The van der Waals surface area contributed by atoms with Crippen LogP contribution in [0.25, 0.3) is 0 Å². The van der Waals surface area contributed by atoms with Gasteiger partial charge in [-0.3, -0.25) is 4.79 Å². The maximum atomic E-state index is 12.9. The number of ketones is 1. The van der Waals surface area contributed by atoms with Crippen molar-refractivity contribution < 1.29 is 30.9 Å². The van der Waals surface area contributed by atoms with E-state index in [-0.39, 0.29) is 47.1 Å². The summed E-state index contributed by atoms with van der Waals surface area (Å²) in [4.78, 5) is 12.9. The Morgan fingerprint density at radius 1 is 1.00 bits per heavy atom. The zero-order chi connectivity index (χ0) is 20.9. The molecule has 1 atom stereocenters. The topological polar surface area (TPSA) is 66.4 Å². The van der Waals surface area contributed by atoms with Crippen molar-refractivity contribution in [3.05, 3.63) is 35.1 Å². The second-order valence-electron chi connectivity index (χ2n) is 9.85. The number of halogens is 1. The Hall–Kier alpha value is -0.676. The molecule has 0 aromatic rings.